The monoisotopic (exact) mass is 1920 g/mol. The van der Waals surface area contributed by atoms with Crippen LogP contribution in [0, 0.1) is 93.6 Å². The van der Waals surface area contributed by atoms with Gasteiger partial charge in [0, 0.05) is 67.1 Å². The fraction of sp³-hybridized carbons (Fsp3) is 0.294. The largest absolute Gasteiger partial charge is 0.573 e. The summed E-state index contributed by atoms with van der Waals surface area (Å²) < 4.78 is 423. The maximum atomic E-state index is 12.8. The lowest BCUT2D eigenvalue weighted by Gasteiger charge is -2.16. The van der Waals surface area contributed by atoms with Crippen LogP contribution in [0.3, 0.4) is 0 Å². The van der Waals surface area contributed by atoms with E-state index in [0.29, 0.717) is 22.8 Å². The van der Waals surface area contributed by atoms with Crippen LogP contribution in [0.1, 0.15) is 108 Å². The van der Waals surface area contributed by atoms with Crippen molar-refractivity contribution >= 4 is 11.8 Å². The highest BCUT2D eigenvalue weighted by Crippen LogP contribution is 2.38. The Morgan fingerprint density at radius 2 is 0.769 bits per heavy atom. The number of hydrogen-bond acceptors (Lipinski definition) is 11. The predicted molar refractivity (Wildman–Crippen MR) is 413 cm³/mol. The first kappa shape index (κ1) is 116. The maximum Gasteiger partial charge on any atom is 0.573 e. The minimum absolute atomic E-state index is 0.00248. The minimum atomic E-state index is -4.60. The zero-order valence-corrected chi connectivity index (χ0v) is 70.0. The number of hydrogen-bond donors (Lipinski definition) is 0. The van der Waals surface area contributed by atoms with E-state index in [4.69, 9.17) is 0 Å². The number of aryl methyl sites for hydroxylation is 11. The normalized spacial score (nSPS) is 11.6. The van der Waals surface area contributed by atoms with E-state index in [9.17, 15) is 149 Å². The molecule has 6 aromatic heterocycles. The lowest BCUT2D eigenvalue weighted by Crippen LogP contribution is -2.31. The number of ether oxygens (including phenoxy) is 4. The van der Waals surface area contributed by atoms with Crippen LogP contribution >= 0.6 is 11.8 Å². The van der Waals surface area contributed by atoms with Gasteiger partial charge in [-0.3, -0.25) is 9.97 Å². The molecule has 6 heterocycles. The van der Waals surface area contributed by atoms with Crippen LogP contribution < -0.4 is 18.9 Å². The first-order valence-electron chi connectivity index (χ1n) is 35.9. The number of aromatic nitrogens is 6. The molecule has 0 saturated heterocycles. The second-order valence-electron chi connectivity index (χ2n) is 26.3. The Hall–Kier alpha value is -11.8. The summed E-state index contributed by atoms with van der Waals surface area (Å²) in [6, 6.07) is 37.7. The van der Waals surface area contributed by atoms with Crippen molar-refractivity contribution in [3.8, 4) is 23.4 Å². The molecule has 130 heavy (non-hydrogen) atoms. The summed E-state index contributed by atoms with van der Waals surface area (Å²) in [5.41, 5.74) is -2.55. The Morgan fingerprint density at radius 1 is 0.346 bits per heavy atom. The molecule has 0 bridgehead atoms. The van der Waals surface area contributed by atoms with E-state index in [-0.39, 0.29) is 57.0 Å². The first-order chi connectivity index (χ1) is 59.4. The van der Waals surface area contributed by atoms with Crippen LogP contribution in [0.25, 0.3) is 0 Å². The molecule has 0 N–H and O–H groups in total. The molecule has 5 aromatic carbocycles. The third-order valence-corrected chi connectivity index (χ3v) is 15.0. The molecular formula is C85H76F34N6O4S. The fourth-order valence-corrected chi connectivity index (χ4v) is 9.13. The molecule has 0 aliphatic heterocycles. The lowest BCUT2D eigenvalue weighted by molar-refractivity contribution is -0.274. The van der Waals surface area contributed by atoms with E-state index in [2.05, 4.69) is 48.9 Å². The van der Waals surface area contributed by atoms with Crippen LogP contribution in [0.5, 0.6) is 23.4 Å². The summed E-state index contributed by atoms with van der Waals surface area (Å²) in [7, 11) is 0. The summed E-state index contributed by atoms with van der Waals surface area (Å²) in [6.07, 6.45) is -31.6. The van der Waals surface area contributed by atoms with E-state index in [0.717, 1.165) is 95.0 Å². The van der Waals surface area contributed by atoms with Gasteiger partial charge in [0.25, 0.3) is 6.43 Å². The average Bonchev–Trinajstić information content (AvgIpc) is 0.822. The molecule has 10 nitrogen and oxygen atoms in total. The van der Waals surface area contributed by atoms with E-state index < -0.39 is 126 Å². The van der Waals surface area contributed by atoms with Crippen LogP contribution in [0.2, 0.25) is 0 Å². The van der Waals surface area contributed by atoms with Gasteiger partial charge in [-0.2, -0.15) is 114 Å². The lowest BCUT2D eigenvalue weighted by atomic mass is 10.1. The number of nitrogens with zero attached hydrogens (tertiary/aromatic N) is 6. The van der Waals surface area contributed by atoms with Gasteiger partial charge in [0.2, 0.25) is 17.6 Å². The van der Waals surface area contributed by atoms with E-state index in [1.54, 1.807) is 97.9 Å². The molecule has 714 valence electrons. The number of halogens is 34. The topological polar surface area (TPSA) is 114 Å². The number of pyridine rings is 6. The molecular weight excluding hydrogens is 1850 g/mol. The Labute approximate surface area is 725 Å². The molecule has 0 spiro atoms. The SMILES string of the molecule is Cc1cc(F)cc(C(F)(F)F)c1.Cc1ccc(F)c(C(F)(F)F)c1.Cc1cccc(C(F)(F)F)c1.Cc1cccc(C(F)(F)F)c1F.Cc1cccc(OC(F)(F)F)c1.Cc1ccnc(C(F)(F)F)c1.Cc1ccnc(C(F)F)c1.Cc1ccnc(OC(C)C(F)(F)F)c1.Cc1ccnc(OC(F)F)c1.Cc1ccnc(OCC(F)(F)F)c1.Cc1ccnc(SC(F)(F)F)c1. The van der Waals surface area contributed by atoms with Gasteiger partial charge in [-0.15, -0.1) is 13.2 Å². The van der Waals surface area contributed by atoms with Crippen molar-refractivity contribution < 1.29 is 168 Å². The van der Waals surface area contributed by atoms with Crippen molar-refractivity contribution in [1.82, 2.24) is 29.9 Å². The predicted octanol–water partition coefficient (Wildman–Crippen LogP) is 30.1. The van der Waals surface area contributed by atoms with Crippen molar-refractivity contribution in [3.63, 3.8) is 0 Å². The summed E-state index contributed by atoms with van der Waals surface area (Å²) in [5, 5.41) is -0.0116. The van der Waals surface area contributed by atoms with Gasteiger partial charge in [0.05, 0.1) is 22.3 Å². The van der Waals surface area contributed by atoms with Gasteiger partial charge in [-0.05, 0) is 242 Å². The second kappa shape index (κ2) is 52.7. The highest BCUT2D eigenvalue weighted by atomic mass is 32.2. The van der Waals surface area contributed by atoms with Crippen LogP contribution in [0.15, 0.2) is 218 Å². The van der Waals surface area contributed by atoms with Crippen LogP contribution in [0.4, 0.5) is 149 Å². The smallest absolute Gasteiger partial charge is 0.468 e. The van der Waals surface area contributed by atoms with Gasteiger partial charge in [-0.1, -0.05) is 59.7 Å². The zero-order valence-electron chi connectivity index (χ0n) is 69.2. The van der Waals surface area contributed by atoms with Gasteiger partial charge in [0.1, 0.15) is 39.6 Å². The molecule has 0 aliphatic carbocycles. The molecule has 11 rings (SSSR count). The van der Waals surface area contributed by atoms with Gasteiger partial charge in [0.15, 0.2) is 12.7 Å². The summed E-state index contributed by atoms with van der Waals surface area (Å²) in [4.78, 5) is 21.1. The van der Waals surface area contributed by atoms with Gasteiger partial charge < -0.3 is 18.9 Å². The van der Waals surface area contributed by atoms with Crippen LogP contribution in [-0.4, -0.2) is 73.4 Å². The molecule has 0 aliphatic rings. The number of thioether (sulfide) groups is 1. The average molecular weight is 1920 g/mol. The summed E-state index contributed by atoms with van der Waals surface area (Å²) in [5.74, 6) is -3.50. The standard InChI is InChI=1S/C9H10F3NO.3C8H6F4.C8H8F3NO.C8H7F3O.C8H7F3.C7H6F3NS.C7H6F3N.C7H7F2NO.C7H7F2N/c1-6-3-4-13-8(5-6)14-7(2)9(10,11)12;1-5-2-6(8(10,11)12)4-7(9)3-5;1-5-2-3-7(9)6(4-5)8(10,11)12;1-5-3-2-4-6(7(5)9)8(10,11)12;1-6-2-3-12-7(4-6)13-5-8(9,10)11;1-6-3-2-4-7(5-6)12-8(9,10)11;1-6-3-2-4-7(5-6)8(9,10)11;1-5-2-3-11-6(4-5)12-7(8,9)10;1-5-2-3-11-6(4-5)7(8,9)10;1-5-2-3-10-6(4-5)11-7(8)9;1-5-2-3-10-6(4-5)7(8)9/h3-5,7H,1-2H3;3*2-4H,1H3;2-4H,5H2,1H3;2-5H,1H3;2-5H,1H3;2-4H,1H3;2-4H,1H3;2-4,7H,1H3;2-4,7H,1H3. The summed E-state index contributed by atoms with van der Waals surface area (Å²) in [6.45, 7) is 14.7. The van der Waals surface area contributed by atoms with Crippen molar-refractivity contribution in [2.45, 2.75) is 162 Å². The van der Waals surface area contributed by atoms with Gasteiger partial charge >= 0.3 is 61.7 Å². The molecule has 0 amide bonds. The van der Waals surface area contributed by atoms with E-state index >= 15 is 0 Å². The van der Waals surface area contributed by atoms with E-state index in [1.165, 1.54) is 131 Å². The molecule has 0 radical (unpaired) electrons. The maximum absolute atomic E-state index is 12.8. The number of benzene rings is 5. The molecule has 0 fully saturated rings. The molecule has 1 atom stereocenters. The molecule has 1 unspecified atom stereocenters. The Kier molecular flexibility index (Phi) is 47.1. The number of alkyl halides is 31. The highest BCUT2D eigenvalue weighted by Gasteiger charge is 2.40. The Morgan fingerprint density at radius 3 is 1.15 bits per heavy atom. The Bertz CT molecular complexity index is 5030. The Balaban J connectivity index is 0.000000716. The van der Waals surface area contributed by atoms with E-state index in [1.807, 2.05) is 0 Å². The van der Waals surface area contributed by atoms with Crippen molar-refractivity contribution in [1.29, 1.82) is 0 Å². The molecule has 0 saturated carbocycles. The van der Waals surface area contributed by atoms with Crippen molar-refractivity contribution in [2.75, 3.05) is 6.61 Å². The highest BCUT2D eigenvalue weighted by molar-refractivity contribution is 8.00. The van der Waals surface area contributed by atoms with Crippen molar-refractivity contribution in [2.24, 2.45) is 0 Å². The fourth-order valence-electron chi connectivity index (χ4n) is 8.54. The summed E-state index contributed by atoms with van der Waals surface area (Å²) >= 11 is -0.196. The van der Waals surface area contributed by atoms with Crippen LogP contribution in [-0.2, 0) is 30.9 Å². The number of rotatable bonds is 9. The molecule has 45 heteroatoms. The van der Waals surface area contributed by atoms with Gasteiger partial charge in [-0.25, -0.2) is 41.9 Å². The third kappa shape index (κ3) is 52.6. The first-order valence-corrected chi connectivity index (χ1v) is 36.7. The zero-order chi connectivity index (χ0) is 99.9. The second-order valence-corrected chi connectivity index (χ2v) is 27.3. The minimum Gasteiger partial charge on any atom is -0.468 e. The third-order valence-electron chi connectivity index (χ3n) is 14.4. The van der Waals surface area contributed by atoms with Crippen molar-refractivity contribution in [3.05, 3.63) is 325 Å². The quantitative estimate of drug-likeness (QED) is 0.102. The molecule has 11 aromatic rings.